The highest BCUT2D eigenvalue weighted by atomic mass is 32.2. The number of benzene rings is 1. The van der Waals surface area contributed by atoms with Gasteiger partial charge < -0.3 is 0 Å². The Kier molecular flexibility index (Phi) is 4.63. The molecule has 126 valence electrons. The van der Waals surface area contributed by atoms with Crippen LogP contribution in [0.1, 0.15) is 52.9 Å². The topological polar surface area (TPSA) is 32.3 Å². The lowest BCUT2D eigenvalue weighted by Gasteiger charge is -2.46. The summed E-state index contributed by atoms with van der Waals surface area (Å²) in [6.45, 7) is 7.08. The smallest absolute Gasteiger partial charge is 0.252 e. The molecule has 2 aliphatic rings. The van der Waals surface area contributed by atoms with E-state index in [1.165, 1.54) is 19.3 Å². The second kappa shape index (κ2) is 6.39. The fraction of sp³-hybridized carbons (Fsp3) is 0.632. The molecule has 0 atom stereocenters. The van der Waals surface area contributed by atoms with Crippen molar-refractivity contribution in [2.75, 3.05) is 11.2 Å². The Bertz CT molecular complexity index is 550. The summed E-state index contributed by atoms with van der Waals surface area (Å²) in [5.41, 5.74) is 4.79. The predicted octanol–water partition coefficient (Wildman–Crippen LogP) is 4.91. The van der Waals surface area contributed by atoms with Crippen molar-refractivity contribution < 1.29 is 4.79 Å². The number of para-hydroxylation sites is 1. The van der Waals surface area contributed by atoms with Crippen LogP contribution in [0.5, 0.6) is 0 Å². The van der Waals surface area contributed by atoms with E-state index in [0.717, 1.165) is 24.4 Å². The van der Waals surface area contributed by atoms with Crippen molar-refractivity contribution in [3.05, 3.63) is 30.3 Å². The summed E-state index contributed by atoms with van der Waals surface area (Å²) in [4.78, 5) is 12.4. The molecule has 1 amide bonds. The Hall–Kier alpha value is -1.16. The van der Waals surface area contributed by atoms with E-state index in [1.54, 1.807) is 0 Å². The Morgan fingerprint density at radius 1 is 1.26 bits per heavy atom. The molecule has 0 radical (unpaired) electrons. The zero-order valence-electron chi connectivity index (χ0n) is 14.5. The number of carbonyl (C=O) groups excluding carboxylic acids is 1. The first-order chi connectivity index (χ1) is 11.0. The van der Waals surface area contributed by atoms with Gasteiger partial charge in [-0.3, -0.25) is 10.2 Å². The van der Waals surface area contributed by atoms with Gasteiger partial charge in [0.1, 0.15) is 4.87 Å². The molecule has 23 heavy (non-hydrogen) atoms. The molecule has 0 unspecified atom stereocenters. The molecule has 2 fully saturated rings. The van der Waals surface area contributed by atoms with Gasteiger partial charge in [0.05, 0.1) is 11.4 Å². The fourth-order valence-electron chi connectivity index (χ4n) is 3.87. The van der Waals surface area contributed by atoms with Crippen molar-refractivity contribution in [2.45, 2.75) is 57.7 Å². The molecule has 0 bridgehead atoms. The van der Waals surface area contributed by atoms with Crippen molar-refractivity contribution in [1.29, 1.82) is 0 Å². The summed E-state index contributed by atoms with van der Waals surface area (Å²) in [6, 6.07) is 10.1. The van der Waals surface area contributed by atoms with Crippen LogP contribution in [0.2, 0.25) is 0 Å². The second-order valence-corrected chi connectivity index (χ2v) is 8.90. The molecule has 1 aliphatic carbocycles. The lowest BCUT2D eigenvalue weighted by Crippen LogP contribution is -2.50. The second-order valence-electron chi connectivity index (χ2n) is 7.56. The quantitative estimate of drug-likeness (QED) is 0.850. The molecular formula is C19H28N2OS. The number of anilines is 1. The number of carbonyl (C=O) groups is 1. The first-order valence-corrected chi connectivity index (χ1v) is 9.74. The fourth-order valence-corrected chi connectivity index (χ4v) is 5.19. The van der Waals surface area contributed by atoms with E-state index in [9.17, 15) is 4.79 Å². The van der Waals surface area contributed by atoms with Gasteiger partial charge in [0.15, 0.2) is 0 Å². The number of hydrogen-bond acceptors (Lipinski definition) is 3. The van der Waals surface area contributed by atoms with Gasteiger partial charge in [-0.25, -0.2) is 5.01 Å². The molecule has 4 heteroatoms. The van der Waals surface area contributed by atoms with Crippen LogP contribution < -0.4 is 5.43 Å². The summed E-state index contributed by atoms with van der Waals surface area (Å²) in [6.07, 6.45) is 5.85. The van der Waals surface area contributed by atoms with Gasteiger partial charge in [-0.05, 0) is 49.1 Å². The van der Waals surface area contributed by atoms with E-state index in [1.807, 2.05) is 47.1 Å². The zero-order chi connectivity index (χ0) is 16.5. The van der Waals surface area contributed by atoms with E-state index in [-0.39, 0.29) is 10.8 Å². The molecule has 1 saturated carbocycles. The third kappa shape index (κ3) is 3.23. The number of amides is 1. The van der Waals surface area contributed by atoms with Crippen LogP contribution >= 0.6 is 11.8 Å². The monoisotopic (exact) mass is 332 g/mol. The average Bonchev–Trinajstić information content (AvgIpc) is 2.86. The largest absolute Gasteiger partial charge is 0.295 e. The van der Waals surface area contributed by atoms with Crippen molar-refractivity contribution in [3.8, 4) is 0 Å². The van der Waals surface area contributed by atoms with E-state index >= 15 is 0 Å². The molecule has 3 nitrogen and oxygen atoms in total. The van der Waals surface area contributed by atoms with Crippen molar-refractivity contribution in [2.24, 2.45) is 11.3 Å². The number of nitrogens with zero attached hydrogens (tertiary/aromatic N) is 1. The summed E-state index contributed by atoms with van der Waals surface area (Å²) >= 11 is 1.84. The predicted molar refractivity (Wildman–Crippen MR) is 98.1 cm³/mol. The molecule has 1 heterocycles. The number of nitrogens with one attached hydrogen (secondary N) is 1. The van der Waals surface area contributed by atoms with Crippen LogP contribution in [0.3, 0.4) is 0 Å². The Morgan fingerprint density at radius 2 is 1.91 bits per heavy atom. The van der Waals surface area contributed by atoms with Gasteiger partial charge in [-0.15, -0.1) is 11.8 Å². The first kappa shape index (κ1) is 16.7. The Labute approximate surface area is 144 Å². The first-order valence-electron chi connectivity index (χ1n) is 8.75. The Morgan fingerprint density at radius 3 is 2.52 bits per heavy atom. The highest BCUT2D eigenvalue weighted by Gasteiger charge is 2.50. The average molecular weight is 333 g/mol. The van der Waals surface area contributed by atoms with Crippen LogP contribution in [0.4, 0.5) is 5.69 Å². The summed E-state index contributed by atoms with van der Waals surface area (Å²) in [5, 5.41) is 1.93. The number of hydrogen-bond donors (Lipinski definition) is 1. The molecule has 1 spiro atoms. The molecular weight excluding hydrogens is 304 g/mol. The SMILES string of the molecule is CCC(C)(C)C1CCC2(CC1)SCC(=O)N2Nc1ccccc1. The minimum atomic E-state index is -0.0484. The molecule has 1 N–H and O–H groups in total. The third-order valence-corrected chi connectivity index (χ3v) is 7.44. The van der Waals surface area contributed by atoms with Crippen LogP contribution in [-0.4, -0.2) is 21.5 Å². The number of hydrazine groups is 1. The van der Waals surface area contributed by atoms with Crippen LogP contribution in [0.25, 0.3) is 0 Å². The van der Waals surface area contributed by atoms with Gasteiger partial charge in [0, 0.05) is 0 Å². The van der Waals surface area contributed by atoms with Gasteiger partial charge in [-0.1, -0.05) is 45.4 Å². The lowest BCUT2D eigenvalue weighted by molar-refractivity contribution is -0.129. The van der Waals surface area contributed by atoms with Crippen LogP contribution in [0, 0.1) is 11.3 Å². The van der Waals surface area contributed by atoms with Crippen molar-refractivity contribution in [3.63, 3.8) is 0 Å². The van der Waals surface area contributed by atoms with E-state index < -0.39 is 0 Å². The van der Waals surface area contributed by atoms with Gasteiger partial charge in [0.25, 0.3) is 5.91 Å². The Balaban J connectivity index is 1.73. The lowest BCUT2D eigenvalue weighted by atomic mass is 9.68. The molecule has 3 rings (SSSR count). The molecule has 1 aromatic carbocycles. The van der Waals surface area contributed by atoms with Gasteiger partial charge >= 0.3 is 0 Å². The zero-order valence-corrected chi connectivity index (χ0v) is 15.3. The summed E-state index contributed by atoms with van der Waals surface area (Å²) in [5.74, 6) is 1.59. The van der Waals surface area contributed by atoms with E-state index in [0.29, 0.717) is 11.2 Å². The molecule has 0 aromatic heterocycles. The number of rotatable bonds is 4. The standard InChI is InChI=1S/C19H28N2OS/c1-4-18(2,3)15-10-12-19(13-11-15)21(17(22)14-23-19)20-16-8-6-5-7-9-16/h5-9,15,20H,4,10-14H2,1-3H3. The van der Waals surface area contributed by atoms with Crippen molar-refractivity contribution >= 4 is 23.4 Å². The van der Waals surface area contributed by atoms with E-state index in [4.69, 9.17) is 0 Å². The van der Waals surface area contributed by atoms with Crippen LogP contribution in [0.15, 0.2) is 30.3 Å². The van der Waals surface area contributed by atoms with Gasteiger partial charge in [0.2, 0.25) is 0 Å². The van der Waals surface area contributed by atoms with E-state index in [2.05, 4.69) is 26.2 Å². The minimum Gasteiger partial charge on any atom is -0.295 e. The number of thioether (sulfide) groups is 1. The third-order valence-electron chi connectivity index (χ3n) is 5.92. The van der Waals surface area contributed by atoms with Crippen molar-refractivity contribution in [1.82, 2.24) is 5.01 Å². The summed E-state index contributed by atoms with van der Waals surface area (Å²) < 4.78 is 0. The minimum absolute atomic E-state index is 0.0484. The normalized spacial score (nSPS) is 28.4. The highest BCUT2D eigenvalue weighted by molar-refractivity contribution is 8.01. The molecule has 1 saturated heterocycles. The maximum Gasteiger partial charge on any atom is 0.252 e. The van der Waals surface area contributed by atoms with Crippen LogP contribution in [-0.2, 0) is 4.79 Å². The maximum absolute atomic E-state index is 12.4. The maximum atomic E-state index is 12.4. The highest BCUT2D eigenvalue weighted by Crippen LogP contribution is 2.52. The summed E-state index contributed by atoms with van der Waals surface area (Å²) in [7, 11) is 0. The molecule has 1 aliphatic heterocycles. The molecule has 1 aromatic rings. The van der Waals surface area contributed by atoms with Gasteiger partial charge in [-0.2, -0.15) is 0 Å².